The van der Waals surface area contributed by atoms with Gasteiger partial charge in [0.25, 0.3) is 5.56 Å². The number of carbonyl (C=O) groups excluding carboxylic acids is 1. The Morgan fingerprint density at radius 1 is 1.11 bits per heavy atom. The number of ether oxygens (including phenoxy) is 4. The zero-order chi connectivity index (χ0) is 27.6. The fraction of sp³-hybridized carbons (Fsp3) is 0.296. The number of benzene rings is 2. The minimum atomic E-state index is -0.770. The molecule has 0 saturated carbocycles. The summed E-state index contributed by atoms with van der Waals surface area (Å²) in [6, 6.07) is 8.31. The molecule has 3 aromatic rings. The lowest BCUT2D eigenvalue weighted by molar-refractivity contribution is -0.139. The molecule has 0 spiro atoms. The molecule has 1 aromatic heterocycles. The van der Waals surface area contributed by atoms with Gasteiger partial charge >= 0.3 is 5.97 Å². The maximum absolute atomic E-state index is 13.9. The van der Waals surface area contributed by atoms with E-state index in [0.29, 0.717) is 50.0 Å². The average molecular weight is 666 g/mol. The van der Waals surface area contributed by atoms with E-state index in [0.717, 1.165) is 14.5 Å². The van der Waals surface area contributed by atoms with E-state index in [-0.39, 0.29) is 12.2 Å². The van der Waals surface area contributed by atoms with Crippen LogP contribution in [0.15, 0.2) is 60.3 Å². The minimum Gasteiger partial charge on any atom is -0.493 e. The lowest BCUT2D eigenvalue weighted by Gasteiger charge is -2.25. The van der Waals surface area contributed by atoms with Crippen LogP contribution in [-0.4, -0.2) is 38.0 Å². The maximum atomic E-state index is 13.9. The number of rotatable bonds is 8. The zero-order valence-corrected chi connectivity index (χ0v) is 25.5. The second kappa shape index (κ2) is 11.9. The van der Waals surface area contributed by atoms with Gasteiger partial charge in [-0.25, -0.2) is 9.79 Å². The van der Waals surface area contributed by atoms with Crippen LogP contribution >= 0.6 is 43.2 Å². The quantitative estimate of drug-likeness (QED) is 0.323. The molecule has 0 bridgehead atoms. The van der Waals surface area contributed by atoms with Gasteiger partial charge in [0.05, 0.1) is 53.8 Å². The number of esters is 1. The highest BCUT2D eigenvalue weighted by Gasteiger charge is 2.34. The number of fused-ring (bicyclic) bond motifs is 1. The highest BCUT2D eigenvalue weighted by molar-refractivity contribution is 9.11. The molecule has 200 valence electrons. The first kappa shape index (κ1) is 28.1. The standard InChI is InChI=1S/C27H26Br2N2O6S/c1-6-36-24-16(10-17(28)13-18(24)29)12-21-25(32)31-23(15-8-9-19(34-4)20(11-15)35-5)22(26(33)37-7-2)14(3)30-27(31)38-21/h8-13,23H,6-7H2,1-5H3/b21-12-/t23-/m0/s1. The van der Waals surface area contributed by atoms with Gasteiger partial charge in [0.15, 0.2) is 16.3 Å². The molecule has 2 aromatic carbocycles. The summed E-state index contributed by atoms with van der Waals surface area (Å²) < 4.78 is 25.7. The summed E-state index contributed by atoms with van der Waals surface area (Å²) >= 11 is 8.30. The van der Waals surface area contributed by atoms with E-state index in [1.807, 2.05) is 19.1 Å². The van der Waals surface area contributed by atoms with Crippen molar-refractivity contribution in [2.24, 2.45) is 4.99 Å². The number of hydrogen-bond acceptors (Lipinski definition) is 8. The third-order valence-corrected chi connectivity index (χ3v) is 7.88. The molecule has 0 saturated heterocycles. The molecule has 1 aliphatic heterocycles. The summed E-state index contributed by atoms with van der Waals surface area (Å²) in [6.07, 6.45) is 1.78. The van der Waals surface area contributed by atoms with Crippen LogP contribution in [0.25, 0.3) is 6.08 Å². The third-order valence-electron chi connectivity index (χ3n) is 5.85. The Balaban J connectivity index is 2.00. The summed E-state index contributed by atoms with van der Waals surface area (Å²) in [4.78, 5) is 32.2. The topological polar surface area (TPSA) is 88.4 Å². The highest BCUT2D eigenvalue weighted by Crippen LogP contribution is 2.36. The van der Waals surface area contributed by atoms with Crippen molar-refractivity contribution in [3.05, 3.63) is 81.4 Å². The maximum Gasteiger partial charge on any atom is 0.338 e. The first-order valence-corrected chi connectivity index (χ1v) is 14.2. The monoisotopic (exact) mass is 664 g/mol. The molecule has 0 amide bonds. The van der Waals surface area contributed by atoms with Crippen LogP contribution in [0.1, 0.15) is 37.9 Å². The van der Waals surface area contributed by atoms with E-state index in [2.05, 4.69) is 36.9 Å². The first-order valence-electron chi connectivity index (χ1n) is 11.8. The number of nitrogens with zero attached hydrogens (tertiary/aromatic N) is 2. The fourth-order valence-electron chi connectivity index (χ4n) is 4.26. The lowest BCUT2D eigenvalue weighted by atomic mass is 9.95. The van der Waals surface area contributed by atoms with Crippen LogP contribution in [0.4, 0.5) is 0 Å². The molecule has 1 aliphatic rings. The van der Waals surface area contributed by atoms with E-state index >= 15 is 0 Å². The van der Waals surface area contributed by atoms with Crippen LogP contribution in [0, 0.1) is 0 Å². The largest absolute Gasteiger partial charge is 0.493 e. The Labute approximate surface area is 240 Å². The van der Waals surface area contributed by atoms with Crippen LogP contribution in [0.2, 0.25) is 0 Å². The van der Waals surface area contributed by atoms with Gasteiger partial charge in [0, 0.05) is 10.0 Å². The number of methoxy groups -OCH3 is 2. The van der Waals surface area contributed by atoms with Crippen LogP contribution in [0.5, 0.6) is 17.2 Å². The molecule has 4 rings (SSSR count). The third kappa shape index (κ3) is 5.32. The molecular formula is C27H26Br2N2O6S. The van der Waals surface area contributed by atoms with Crippen molar-refractivity contribution in [3.63, 3.8) is 0 Å². The predicted octanol–water partition coefficient (Wildman–Crippen LogP) is 4.74. The Bertz CT molecular complexity index is 1610. The summed E-state index contributed by atoms with van der Waals surface area (Å²) in [5.41, 5.74) is 1.87. The Kier molecular flexibility index (Phi) is 8.79. The molecule has 0 unspecified atom stereocenters. The SMILES string of the molecule is CCOC(=O)C1=C(C)N=c2s/c(=C\c3cc(Br)cc(Br)c3OCC)c(=O)n2[C@H]1c1ccc(OC)c(OC)c1. The number of carbonyl (C=O) groups is 1. The van der Waals surface area contributed by atoms with Gasteiger partial charge < -0.3 is 18.9 Å². The van der Waals surface area contributed by atoms with Crippen LogP contribution in [0.3, 0.4) is 0 Å². The van der Waals surface area contributed by atoms with Crippen molar-refractivity contribution in [2.45, 2.75) is 26.8 Å². The number of aromatic nitrogens is 1. The molecule has 8 nitrogen and oxygen atoms in total. The van der Waals surface area contributed by atoms with Crippen molar-refractivity contribution in [2.75, 3.05) is 27.4 Å². The van der Waals surface area contributed by atoms with E-state index in [4.69, 9.17) is 18.9 Å². The Hall–Kier alpha value is -2.89. The molecule has 0 N–H and O–H groups in total. The fourth-order valence-corrected chi connectivity index (χ4v) is 6.67. The summed E-state index contributed by atoms with van der Waals surface area (Å²) in [7, 11) is 3.08. The first-order chi connectivity index (χ1) is 18.2. The lowest BCUT2D eigenvalue weighted by Crippen LogP contribution is -2.40. The number of thiazole rings is 1. The van der Waals surface area contributed by atoms with Crippen LogP contribution < -0.4 is 29.1 Å². The predicted molar refractivity (Wildman–Crippen MR) is 153 cm³/mol. The summed E-state index contributed by atoms with van der Waals surface area (Å²) in [5.74, 6) is 1.11. The molecule has 2 heterocycles. The minimum absolute atomic E-state index is 0.191. The van der Waals surface area contributed by atoms with Gasteiger partial charge in [-0.15, -0.1) is 0 Å². The van der Waals surface area contributed by atoms with E-state index < -0.39 is 12.0 Å². The average Bonchev–Trinajstić information content (AvgIpc) is 3.19. The van der Waals surface area contributed by atoms with Gasteiger partial charge in [-0.2, -0.15) is 0 Å². The van der Waals surface area contributed by atoms with E-state index in [1.54, 1.807) is 45.2 Å². The molecular weight excluding hydrogens is 640 g/mol. The number of halogens is 2. The van der Waals surface area contributed by atoms with Gasteiger partial charge in [-0.05, 0) is 72.6 Å². The molecule has 1 atom stereocenters. The Morgan fingerprint density at radius 3 is 2.50 bits per heavy atom. The summed E-state index contributed by atoms with van der Waals surface area (Å²) in [5, 5.41) is 0. The van der Waals surface area contributed by atoms with Crippen molar-refractivity contribution in [1.82, 2.24) is 4.57 Å². The van der Waals surface area contributed by atoms with Gasteiger partial charge in [-0.1, -0.05) is 33.3 Å². The molecule has 38 heavy (non-hydrogen) atoms. The summed E-state index contributed by atoms with van der Waals surface area (Å²) in [6.45, 7) is 6.03. The van der Waals surface area contributed by atoms with Gasteiger partial charge in [0.1, 0.15) is 5.75 Å². The smallest absolute Gasteiger partial charge is 0.338 e. The van der Waals surface area contributed by atoms with Crippen molar-refractivity contribution >= 4 is 55.2 Å². The molecule has 0 radical (unpaired) electrons. The molecule has 0 aliphatic carbocycles. The Morgan fingerprint density at radius 2 is 1.84 bits per heavy atom. The van der Waals surface area contributed by atoms with Gasteiger partial charge in [0.2, 0.25) is 0 Å². The second-order valence-corrected chi connectivity index (χ2v) is 10.9. The number of allylic oxidation sites excluding steroid dienone is 1. The number of hydrogen-bond donors (Lipinski definition) is 0. The molecule has 0 fully saturated rings. The van der Waals surface area contributed by atoms with E-state index in [1.165, 1.54) is 23.0 Å². The second-order valence-electron chi connectivity index (χ2n) is 8.16. The van der Waals surface area contributed by atoms with Crippen molar-refractivity contribution in [1.29, 1.82) is 0 Å². The van der Waals surface area contributed by atoms with Crippen LogP contribution in [-0.2, 0) is 9.53 Å². The van der Waals surface area contributed by atoms with Gasteiger partial charge in [-0.3, -0.25) is 9.36 Å². The zero-order valence-electron chi connectivity index (χ0n) is 21.5. The van der Waals surface area contributed by atoms with Crippen molar-refractivity contribution in [3.8, 4) is 17.2 Å². The van der Waals surface area contributed by atoms with E-state index in [9.17, 15) is 9.59 Å². The van der Waals surface area contributed by atoms with Crippen molar-refractivity contribution < 1.29 is 23.7 Å². The normalized spacial score (nSPS) is 15.1. The highest BCUT2D eigenvalue weighted by atomic mass is 79.9. The molecule has 11 heteroatoms.